The van der Waals surface area contributed by atoms with Crippen LogP contribution in [0.25, 0.3) is 0 Å². The molecule has 0 aromatic carbocycles. The second-order valence-electron chi connectivity index (χ2n) is 9.83. The van der Waals surface area contributed by atoms with Gasteiger partial charge >= 0.3 is 11.9 Å². The van der Waals surface area contributed by atoms with Crippen LogP contribution in [0.5, 0.6) is 0 Å². The lowest BCUT2D eigenvalue weighted by molar-refractivity contribution is -0.161. The van der Waals surface area contributed by atoms with Gasteiger partial charge in [0.2, 0.25) is 0 Å². The summed E-state index contributed by atoms with van der Waals surface area (Å²) in [5, 5.41) is 9.44. The number of rotatable bonds is 26. The van der Waals surface area contributed by atoms with E-state index in [0.29, 0.717) is 12.8 Å². The summed E-state index contributed by atoms with van der Waals surface area (Å²) >= 11 is 0. The Labute approximate surface area is 216 Å². The predicted molar refractivity (Wildman–Crippen MR) is 145 cm³/mol. The fourth-order valence-electron chi connectivity index (χ4n) is 4.02. The fraction of sp³-hybridized carbons (Fsp3) is 0.867. The minimum Gasteiger partial charge on any atom is -0.462 e. The number of ether oxygens (including phenoxy) is 2. The summed E-state index contributed by atoms with van der Waals surface area (Å²) in [6.07, 6.45) is 26.9. The van der Waals surface area contributed by atoms with Crippen LogP contribution in [-0.2, 0) is 19.1 Å². The van der Waals surface area contributed by atoms with E-state index in [9.17, 15) is 14.7 Å². The van der Waals surface area contributed by atoms with Crippen molar-refractivity contribution in [2.45, 2.75) is 155 Å². The molecule has 1 atom stereocenters. The van der Waals surface area contributed by atoms with Gasteiger partial charge in [-0.15, -0.1) is 0 Å². The number of hydrogen-bond acceptors (Lipinski definition) is 5. The first-order valence-corrected chi connectivity index (χ1v) is 14.7. The van der Waals surface area contributed by atoms with Crippen molar-refractivity contribution >= 4 is 11.9 Å². The van der Waals surface area contributed by atoms with E-state index in [0.717, 1.165) is 51.4 Å². The zero-order valence-corrected chi connectivity index (χ0v) is 23.1. The highest BCUT2D eigenvalue weighted by Crippen LogP contribution is 2.13. The van der Waals surface area contributed by atoms with Crippen molar-refractivity contribution in [2.75, 3.05) is 13.2 Å². The zero-order chi connectivity index (χ0) is 25.8. The molecule has 0 saturated heterocycles. The van der Waals surface area contributed by atoms with E-state index in [1.165, 1.54) is 70.6 Å². The van der Waals surface area contributed by atoms with Crippen LogP contribution in [-0.4, -0.2) is 36.4 Å². The molecule has 0 aliphatic carbocycles. The fourth-order valence-corrected chi connectivity index (χ4v) is 4.02. The molecular formula is C30H56O5. The van der Waals surface area contributed by atoms with Crippen LogP contribution in [0.4, 0.5) is 0 Å². The number of esters is 2. The molecule has 0 rings (SSSR count). The summed E-state index contributed by atoms with van der Waals surface area (Å²) in [5.74, 6) is -0.604. The van der Waals surface area contributed by atoms with E-state index >= 15 is 0 Å². The number of aliphatic hydroxyl groups excluding tert-OH is 1. The average Bonchev–Trinajstić information content (AvgIpc) is 2.86. The lowest BCUT2D eigenvalue weighted by Gasteiger charge is -2.15. The lowest BCUT2D eigenvalue weighted by atomic mass is 10.1. The van der Waals surface area contributed by atoms with Gasteiger partial charge in [-0.3, -0.25) is 9.59 Å². The lowest BCUT2D eigenvalue weighted by Crippen LogP contribution is -2.28. The Kier molecular flexibility index (Phi) is 26.2. The van der Waals surface area contributed by atoms with Crippen molar-refractivity contribution < 1.29 is 24.2 Å². The number of hydrogen-bond donors (Lipinski definition) is 1. The van der Waals surface area contributed by atoms with Crippen LogP contribution in [0.15, 0.2) is 12.2 Å². The maximum absolute atomic E-state index is 12.0. The molecule has 1 N–H and O–H groups in total. The van der Waals surface area contributed by atoms with E-state index in [1.807, 2.05) is 0 Å². The van der Waals surface area contributed by atoms with Crippen molar-refractivity contribution in [3.05, 3.63) is 12.2 Å². The average molecular weight is 497 g/mol. The van der Waals surface area contributed by atoms with Gasteiger partial charge < -0.3 is 14.6 Å². The highest BCUT2D eigenvalue weighted by Gasteiger charge is 2.16. The largest absolute Gasteiger partial charge is 0.462 e. The van der Waals surface area contributed by atoms with E-state index in [1.54, 1.807) is 0 Å². The summed E-state index contributed by atoms with van der Waals surface area (Å²) in [6.45, 7) is 4.04. The van der Waals surface area contributed by atoms with Crippen molar-refractivity contribution in [3.8, 4) is 0 Å². The third-order valence-electron chi connectivity index (χ3n) is 6.29. The monoisotopic (exact) mass is 496 g/mol. The third-order valence-corrected chi connectivity index (χ3v) is 6.29. The Balaban J connectivity index is 3.61. The van der Waals surface area contributed by atoms with Crippen LogP contribution in [0.3, 0.4) is 0 Å². The van der Waals surface area contributed by atoms with Crippen molar-refractivity contribution in [1.29, 1.82) is 0 Å². The molecule has 5 nitrogen and oxygen atoms in total. The van der Waals surface area contributed by atoms with Gasteiger partial charge in [0, 0.05) is 12.8 Å². The van der Waals surface area contributed by atoms with Crippen LogP contribution < -0.4 is 0 Å². The van der Waals surface area contributed by atoms with Crippen LogP contribution >= 0.6 is 0 Å². The quantitative estimate of drug-likeness (QED) is 0.0741. The topological polar surface area (TPSA) is 72.8 Å². The van der Waals surface area contributed by atoms with Crippen molar-refractivity contribution in [1.82, 2.24) is 0 Å². The predicted octanol–water partition coefficient (Wildman–Crippen LogP) is 8.22. The molecule has 0 aromatic heterocycles. The second kappa shape index (κ2) is 27.2. The maximum atomic E-state index is 12.0. The summed E-state index contributed by atoms with van der Waals surface area (Å²) in [5.41, 5.74) is 0. The first-order valence-electron chi connectivity index (χ1n) is 14.7. The van der Waals surface area contributed by atoms with E-state index in [-0.39, 0.29) is 25.2 Å². The van der Waals surface area contributed by atoms with Crippen LogP contribution in [0, 0.1) is 0 Å². The summed E-state index contributed by atoms with van der Waals surface area (Å²) in [6, 6.07) is 0. The number of aliphatic hydroxyl groups is 1. The Morgan fingerprint density at radius 1 is 0.629 bits per heavy atom. The second-order valence-corrected chi connectivity index (χ2v) is 9.83. The molecule has 0 aliphatic rings. The Morgan fingerprint density at radius 3 is 1.66 bits per heavy atom. The van der Waals surface area contributed by atoms with Gasteiger partial charge in [-0.1, -0.05) is 116 Å². The standard InChI is InChI=1S/C30H56O5/c1-3-5-7-9-11-13-15-17-18-20-22-24-29(32)34-27-28(26-31)35-30(33)25-23-21-19-16-14-12-10-8-6-4-2/h8,10,28,31H,3-7,9,11-27H2,1-2H3/b10-8-. The van der Waals surface area contributed by atoms with Crippen molar-refractivity contribution in [3.63, 3.8) is 0 Å². The highest BCUT2D eigenvalue weighted by atomic mass is 16.6. The van der Waals surface area contributed by atoms with E-state index < -0.39 is 6.10 Å². The molecule has 1 unspecified atom stereocenters. The number of unbranched alkanes of at least 4 members (excludes halogenated alkanes) is 16. The number of carbonyl (C=O) groups is 2. The first kappa shape index (κ1) is 33.6. The van der Waals surface area contributed by atoms with Gasteiger partial charge in [-0.05, 0) is 32.1 Å². The molecule has 0 spiro atoms. The van der Waals surface area contributed by atoms with Gasteiger partial charge in [-0.2, -0.15) is 0 Å². The van der Waals surface area contributed by atoms with E-state index in [4.69, 9.17) is 9.47 Å². The molecule has 0 heterocycles. The molecule has 5 heteroatoms. The van der Waals surface area contributed by atoms with Gasteiger partial charge in [0.1, 0.15) is 6.61 Å². The molecule has 35 heavy (non-hydrogen) atoms. The van der Waals surface area contributed by atoms with Crippen LogP contribution in [0.2, 0.25) is 0 Å². The molecule has 0 bridgehead atoms. The Bertz CT molecular complexity index is 503. The Morgan fingerprint density at radius 2 is 1.11 bits per heavy atom. The first-order chi connectivity index (χ1) is 17.1. The summed E-state index contributed by atoms with van der Waals surface area (Å²) < 4.78 is 10.5. The molecule has 0 aliphatic heterocycles. The van der Waals surface area contributed by atoms with Crippen LogP contribution in [0.1, 0.15) is 149 Å². The molecule has 0 radical (unpaired) electrons. The smallest absolute Gasteiger partial charge is 0.306 e. The van der Waals surface area contributed by atoms with Gasteiger partial charge in [0.25, 0.3) is 0 Å². The maximum Gasteiger partial charge on any atom is 0.306 e. The van der Waals surface area contributed by atoms with Crippen molar-refractivity contribution in [2.24, 2.45) is 0 Å². The third kappa shape index (κ3) is 25.5. The molecule has 206 valence electrons. The molecule has 0 aromatic rings. The van der Waals surface area contributed by atoms with Gasteiger partial charge in [0.05, 0.1) is 6.61 Å². The molecule has 0 saturated carbocycles. The van der Waals surface area contributed by atoms with Gasteiger partial charge in [-0.25, -0.2) is 0 Å². The molecule has 0 amide bonds. The number of carbonyl (C=O) groups excluding carboxylic acids is 2. The summed E-state index contributed by atoms with van der Waals surface area (Å²) in [7, 11) is 0. The van der Waals surface area contributed by atoms with Gasteiger partial charge in [0.15, 0.2) is 6.10 Å². The van der Waals surface area contributed by atoms with E-state index in [2.05, 4.69) is 26.0 Å². The SMILES string of the molecule is CCC/C=C\CCCCCCCC(=O)OC(CO)COC(=O)CCCCCCCCCCCCC. The summed E-state index contributed by atoms with van der Waals surface area (Å²) in [4.78, 5) is 23.9. The minimum absolute atomic E-state index is 0.0648. The Hall–Kier alpha value is -1.36. The zero-order valence-electron chi connectivity index (χ0n) is 23.1. The number of allylic oxidation sites excluding steroid dienone is 2. The molecular weight excluding hydrogens is 440 g/mol. The minimum atomic E-state index is -0.765. The highest BCUT2D eigenvalue weighted by molar-refractivity contribution is 5.70. The normalized spacial score (nSPS) is 12.2. The molecule has 0 fully saturated rings.